The maximum absolute atomic E-state index is 10.2. The minimum absolute atomic E-state index is 0.448. The number of amides is 2. The Labute approximate surface area is 61.6 Å². The van der Waals surface area contributed by atoms with Gasteiger partial charge in [-0.3, -0.25) is 5.32 Å². The molecule has 0 saturated heterocycles. The number of aromatic amines is 2. The van der Waals surface area contributed by atoms with E-state index in [0.717, 1.165) is 0 Å². The molecule has 0 aromatic carbocycles. The van der Waals surface area contributed by atoms with Gasteiger partial charge in [0.25, 0.3) is 0 Å². The van der Waals surface area contributed by atoms with Gasteiger partial charge in [-0.15, -0.1) is 0 Å². The number of aromatic nitrogens is 2. The number of rotatable bonds is 1. The number of imidazole rings is 1. The van der Waals surface area contributed by atoms with Crippen molar-refractivity contribution in [2.45, 2.75) is 0 Å². The summed E-state index contributed by atoms with van der Waals surface area (Å²) in [7, 11) is 0. The molecule has 1 heterocycles. The van der Waals surface area contributed by atoms with Crippen LogP contribution in [0.25, 0.3) is 0 Å². The van der Waals surface area contributed by atoms with Crippen molar-refractivity contribution in [1.82, 2.24) is 9.97 Å². The molecule has 54 valence electrons. The van der Waals surface area contributed by atoms with E-state index in [2.05, 4.69) is 27.5 Å². The van der Waals surface area contributed by atoms with Crippen molar-refractivity contribution < 1.29 is 4.79 Å². The van der Waals surface area contributed by atoms with Crippen molar-refractivity contribution >= 4 is 24.1 Å². The van der Waals surface area contributed by atoms with Crippen LogP contribution in [0.3, 0.4) is 0 Å². The number of urea groups is 1. The van der Waals surface area contributed by atoms with Gasteiger partial charge >= 0.3 is 6.03 Å². The van der Waals surface area contributed by atoms with Gasteiger partial charge in [-0.2, -0.15) is 0 Å². The Bertz CT molecular complexity index is 287. The molecule has 0 fully saturated rings. The lowest BCUT2D eigenvalue weighted by Gasteiger charge is -1.92. The highest BCUT2D eigenvalue weighted by Gasteiger charge is 1.94. The number of carbonyl (C=O) groups excluding carboxylic acids is 1. The van der Waals surface area contributed by atoms with E-state index in [-0.39, 0.29) is 0 Å². The van der Waals surface area contributed by atoms with E-state index in [4.69, 9.17) is 5.73 Å². The van der Waals surface area contributed by atoms with Gasteiger partial charge in [0.2, 0.25) is 0 Å². The van der Waals surface area contributed by atoms with Crippen molar-refractivity contribution in [2.75, 3.05) is 5.32 Å². The van der Waals surface area contributed by atoms with Gasteiger partial charge in [-0.1, -0.05) is 0 Å². The average molecular weight is 158 g/mol. The molecule has 5 nitrogen and oxygen atoms in total. The summed E-state index contributed by atoms with van der Waals surface area (Å²) in [6.07, 6.45) is 1.52. The normalized spacial score (nSPS) is 9.20. The zero-order valence-corrected chi connectivity index (χ0v) is 5.79. The smallest absolute Gasteiger partial charge is 0.317 e. The second kappa shape index (κ2) is 2.53. The van der Waals surface area contributed by atoms with Crippen LogP contribution in [0.2, 0.25) is 0 Å². The van der Waals surface area contributed by atoms with Crippen molar-refractivity contribution in [3.8, 4) is 0 Å². The van der Waals surface area contributed by atoms with E-state index in [1.54, 1.807) is 0 Å². The molecule has 5 N–H and O–H groups in total. The van der Waals surface area contributed by atoms with Crippen molar-refractivity contribution in [3.63, 3.8) is 0 Å². The van der Waals surface area contributed by atoms with E-state index in [0.29, 0.717) is 10.6 Å². The predicted molar refractivity (Wildman–Crippen MR) is 39.2 cm³/mol. The molecule has 1 rings (SSSR count). The quantitative estimate of drug-likeness (QED) is 0.450. The highest BCUT2D eigenvalue weighted by Crippen LogP contribution is 1.97. The van der Waals surface area contributed by atoms with Crippen LogP contribution in [0.5, 0.6) is 0 Å². The van der Waals surface area contributed by atoms with Gasteiger partial charge < -0.3 is 15.7 Å². The molecule has 0 aliphatic heterocycles. The van der Waals surface area contributed by atoms with Gasteiger partial charge in [-0.25, -0.2) is 4.79 Å². The number of H-pyrrole nitrogens is 2. The maximum atomic E-state index is 10.2. The first-order chi connectivity index (χ1) is 4.68. The first kappa shape index (κ1) is 6.81. The Morgan fingerprint density at radius 1 is 1.80 bits per heavy atom. The van der Waals surface area contributed by atoms with Crippen LogP contribution in [0.15, 0.2) is 6.20 Å². The summed E-state index contributed by atoms with van der Waals surface area (Å²) in [5.41, 5.74) is 4.82. The number of primary amides is 1. The second-order valence-corrected chi connectivity index (χ2v) is 2.05. The molecule has 2 amide bonds. The highest BCUT2D eigenvalue weighted by atomic mass is 32.1. The molecule has 0 aliphatic rings. The van der Waals surface area contributed by atoms with Crippen molar-refractivity contribution in [2.24, 2.45) is 5.73 Å². The predicted octanol–water partition coefficient (Wildman–Crippen LogP) is 0.563. The summed E-state index contributed by atoms with van der Waals surface area (Å²) in [6.45, 7) is 0. The molecule has 0 bridgehead atoms. The molecule has 1 aromatic heterocycles. The summed E-state index contributed by atoms with van der Waals surface area (Å²) in [4.78, 5) is 15.5. The van der Waals surface area contributed by atoms with Crippen molar-refractivity contribution in [3.05, 3.63) is 11.0 Å². The Kier molecular flexibility index (Phi) is 1.72. The monoisotopic (exact) mass is 158 g/mol. The number of nitrogens with one attached hydrogen (secondary N) is 3. The van der Waals surface area contributed by atoms with Gasteiger partial charge in [0.05, 0.1) is 0 Å². The van der Waals surface area contributed by atoms with Crippen molar-refractivity contribution in [1.29, 1.82) is 0 Å². The van der Waals surface area contributed by atoms with Gasteiger partial charge in [0.15, 0.2) is 4.77 Å². The topological polar surface area (TPSA) is 86.7 Å². The molecule has 6 heteroatoms. The fourth-order valence-corrected chi connectivity index (χ4v) is 0.701. The first-order valence-electron chi connectivity index (χ1n) is 2.52. The minimum atomic E-state index is -0.620. The molecule has 1 aromatic rings. The summed E-state index contributed by atoms with van der Waals surface area (Å²) in [5, 5.41) is 2.31. The fraction of sp³-hybridized carbons (Fsp3) is 0. The molecular formula is C4H6N4OS. The van der Waals surface area contributed by atoms with E-state index in [9.17, 15) is 4.79 Å². The van der Waals surface area contributed by atoms with Crippen LogP contribution in [-0.2, 0) is 0 Å². The minimum Gasteiger partial charge on any atom is -0.351 e. The number of carbonyl (C=O) groups is 1. The third kappa shape index (κ3) is 1.59. The number of nitrogens with two attached hydrogens (primary N) is 1. The number of hydrogen-bond acceptors (Lipinski definition) is 2. The maximum Gasteiger partial charge on any atom is 0.317 e. The van der Waals surface area contributed by atoms with Gasteiger partial charge in [0.1, 0.15) is 5.82 Å². The van der Waals surface area contributed by atoms with Crippen LogP contribution in [-0.4, -0.2) is 16.0 Å². The Morgan fingerprint density at radius 2 is 2.50 bits per heavy atom. The Hall–Kier alpha value is -1.30. The van der Waals surface area contributed by atoms with E-state index < -0.39 is 6.03 Å². The molecule has 0 aliphatic carbocycles. The lowest BCUT2D eigenvalue weighted by atomic mass is 10.7. The molecule has 0 unspecified atom stereocenters. The number of hydrogen-bond donors (Lipinski definition) is 4. The summed E-state index contributed by atoms with van der Waals surface area (Å²) in [6, 6.07) is -0.620. The lowest BCUT2D eigenvalue weighted by molar-refractivity contribution is 0.259. The Morgan fingerprint density at radius 3 is 2.90 bits per heavy atom. The highest BCUT2D eigenvalue weighted by molar-refractivity contribution is 7.71. The Balaban J connectivity index is 2.76. The summed E-state index contributed by atoms with van der Waals surface area (Å²) >= 11 is 4.68. The molecule has 0 saturated carbocycles. The van der Waals surface area contributed by atoms with Gasteiger partial charge in [-0.05, 0) is 12.2 Å². The van der Waals surface area contributed by atoms with Gasteiger partial charge in [0, 0.05) is 6.20 Å². The van der Waals surface area contributed by atoms with E-state index >= 15 is 0 Å². The lowest BCUT2D eigenvalue weighted by Crippen LogP contribution is -2.19. The number of anilines is 1. The molecule has 0 radical (unpaired) electrons. The fourth-order valence-electron chi connectivity index (χ4n) is 0.532. The second-order valence-electron chi connectivity index (χ2n) is 1.65. The molecule has 0 spiro atoms. The van der Waals surface area contributed by atoms with Crippen LogP contribution in [0.4, 0.5) is 10.6 Å². The summed E-state index contributed by atoms with van der Waals surface area (Å²) < 4.78 is 0.448. The van der Waals surface area contributed by atoms with E-state index in [1.165, 1.54) is 6.20 Å². The first-order valence-corrected chi connectivity index (χ1v) is 2.93. The largest absolute Gasteiger partial charge is 0.351 e. The third-order valence-corrected chi connectivity index (χ3v) is 1.07. The van der Waals surface area contributed by atoms with Crippen LogP contribution < -0.4 is 11.1 Å². The van der Waals surface area contributed by atoms with Crippen LogP contribution in [0, 0.1) is 4.77 Å². The SMILES string of the molecule is NC(=O)Nc1c[nH]c(=S)[nH]1. The average Bonchev–Trinajstić information content (AvgIpc) is 2.13. The van der Waals surface area contributed by atoms with E-state index in [1.807, 2.05) is 0 Å². The zero-order chi connectivity index (χ0) is 7.56. The standard InChI is InChI=1S/C4H6N4OS/c5-3(9)7-2-1-6-4(10)8-2/h1H,(H3,5,7,9)(H2,6,8,10). The third-order valence-electron chi connectivity index (χ3n) is 0.854. The molecule has 10 heavy (non-hydrogen) atoms. The summed E-state index contributed by atoms with van der Waals surface area (Å²) in [5.74, 6) is 0.470. The molecule has 0 atom stereocenters. The van der Waals surface area contributed by atoms with Crippen LogP contribution >= 0.6 is 12.2 Å². The zero-order valence-electron chi connectivity index (χ0n) is 4.97. The molecular weight excluding hydrogens is 152 g/mol. The van der Waals surface area contributed by atoms with Crippen LogP contribution in [0.1, 0.15) is 0 Å².